The first-order valence-electron chi connectivity index (χ1n) is 16.2. The molecule has 280 valence electrons. The van der Waals surface area contributed by atoms with Crippen LogP contribution in [-0.4, -0.2) is 153 Å². The van der Waals surface area contributed by atoms with Gasteiger partial charge in [0.25, 0.3) is 0 Å². The maximum atomic E-state index is 13.4. The summed E-state index contributed by atoms with van der Waals surface area (Å²) in [6.45, 7) is 5.87. The first-order chi connectivity index (χ1) is 23.9. The Balaban J connectivity index is 1.30. The number of fused-ring (bicyclic) bond motifs is 2. The fraction of sp³-hybridized carbons (Fsp3) is 0.688. The van der Waals surface area contributed by atoms with Crippen molar-refractivity contribution in [2.24, 2.45) is 23.7 Å². The SMILES string of the molecule is C=C[C@H]1[C@H](O[C@@H]2O[C@H](CO)[C@@H](O)[C@H](O)[C@H]2O)OC=C2C(=O)OCCC3C(=CO[C@@H](O[C@@H]4O[C@H](CO)[C@@H](O)[C@H](O)[C@H]4O)[C@@H]3C=C)C(=O)OCC[C@H]21. The van der Waals surface area contributed by atoms with E-state index in [2.05, 4.69) is 13.2 Å². The highest BCUT2D eigenvalue weighted by Crippen LogP contribution is 2.40. The van der Waals surface area contributed by atoms with Gasteiger partial charge in [-0.2, -0.15) is 0 Å². The van der Waals surface area contributed by atoms with Gasteiger partial charge in [0, 0.05) is 23.7 Å². The van der Waals surface area contributed by atoms with Crippen LogP contribution in [0.4, 0.5) is 0 Å². The van der Waals surface area contributed by atoms with Crippen LogP contribution in [0, 0.1) is 23.7 Å². The van der Waals surface area contributed by atoms with Crippen molar-refractivity contribution in [3.05, 3.63) is 49.0 Å². The number of esters is 2. The first kappa shape index (κ1) is 38.3. The molecule has 0 spiro atoms. The lowest BCUT2D eigenvalue weighted by Crippen LogP contribution is -2.60. The summed E-state index contributed by atoms with van der Waals surface area (Å²) >= 11 is 0. The maximum Gasteiger partial charge on any atom is 0.337 e. The molecule has 1 unspecified atom stereocenters. The van der Waals surface area contributed by atoms with Crippen LogP contribution in [0.3, 0.4) is 0 Å². The van der Waals surface area contributed by atoms with E-state index in [0.29, 0.717) is 0 Å². The Morgan fingerprint density at radius 2 is 1.00 bits per heavy atom. The van der Waals surface area contributed by atoms with Crippen LogP contribution in [0.15, 0.2) is 49.0 Å². The van der Waals surface area contributed by atoms with Gasteiger partial charge in [-0.25, -0.2) is 9.59 Å². The molecule has 5 heterocycles. The molecule has 0 aromatic heterocycles. The van der Waals surface area contributed by atoms with Crippen molar-refractivity contribution in [1.29, 1.82) is 0 Å². The predicted molar refractivity (Wildman–Crippen MR) is 161 cm³/mol. The summed E-state index contributed by atoms with van der Waals surface area (Å²) in [7, 11) is 0. The molecular formula is C32H44O18. The Hall–Kier alpha value is -2.98. The van der Waals surface area contributed by atoms with Crippen molar-refractivity contribution in [2.75, 3.05) is 26.4 Å². The number of ether oxygens (including phenoxy) is 8. The second-order valence-electron chi connectivity index (χ2n) is 12.5. The number of hydrogen-bond acceptors (Lipinski definition) is 18. The maximum absolute atomic E-state index is 13.4. The number of aliphatic hydroxyl groups excluding tert-OH is 8. The van der Waals surface area contributed by atoms with Crippen molar-refractivity contribution in [1.82, 2.24) is 0 Å². The van der Waals surface area contributed by atoms with Crippen molar-refractivity contribution in [3.63, 3.8) is 0 Å². The third kappa shape index (κ3) is 7.62. The minimum absolute atomic E-state index is 0.0494. The highest BCUT2D eigenvalue weighted by molar-refractivity contribution is 5.90. The lowest BCUT2D eigenvalue weighted by atomic mass is 9.81. The molecule has 5 rings (SSSR count). The standard InChI is InChI=1S/C32H44O18/c1-3-13-15-5-7-43-28(42)18-12-46-30(50-32-26(40)24(38)22(36)20(10-34)48-32)14(4-2)16(18)6-8-44-27(41)17(15)11-45-29(13)49-31-25(39)23(37)21(35)19(9-33)47-31/h3-4,11-16,19-26,29-40H,1-2,5-10H2/t13-,14-,15+,16?,19-,20-,21-,22-,23+,24+,25-,26-,29+,30+,31+,32+/m1/s1. The van der Waals surface area contributed by atoms with Crippen LogP contribution in [0.25, 0.3) is 0 Å². The largest absolute Gasteiger partial charge is 0.471 e. The fourth-order valence-corrected chi connectivity index (χ4v) is 6.67. The van der Waals surface area contributed by atoms with E-state index in [-0.39, 0.29) is 37.2 Å². The van der Waals surface area contributed by atoms with Gasteiger partial charge in [-0.15, -0.1) is 13.2 Å². The Morgan fingerprint density at radius 1 is 0.620 bits per heavy atom. The number of rotatable bonds is 8. The molecule has 0 bridgehead atoms. The minimum Gasteiger partial charge on any atom is -0.471 e. The highest BCUT2D eigenvalue weighted by Gasteiger charge is 2.49. The molecule has 8 N–H and O–H groups in total. The molecule has 16 atom stereocenters. The van der Waals surface area contributed by atoms with Crippen molar-refractivity contribution in [3.8, 4) is 0 Å². The molecule has 5 aliphatic rings. The van der Waals surface area contributed by atoms with Crippen molar-refractivity contribution >= 4 is 11.9 Å². The summed E-state index contributed by atoms with van der Waals surface area (Å²) in [5, 5.41) is 80.5. The van der Waals surface area contributed by atoms with Crippen LogP contribution in [0.2, 0.25) is 0 Å². The minimum atomic E-state index is -1.71. The zero-order valence-corrected chi connectivity index (χ0v) is 26.9. The zero-order chi connectivity index (χ0) is 36.3. The monoisotopic (exact) mass is 716 g/mol. The molecular weight excluding hydrogens is 672 g/mol. The Kier molecular flexibility index (Phi) is 12.7. The topological polar surface area (TPSA) is 270 Å². The Morgan fingerprint density at radius 3 is 1.34 bits per heavy atom. The van der Waals surface area contributed by atoms with E-state index in [1.807, 2.05) is 0 Å². The third-order valence-corrected chi connectivity index (χ3v) is 9.59. The number of carbonyl (C=O) groups is 2. The van der Waals surface area contributed by atoms with Crippen LogP contribution in [0.5, 0.6) is 0 Å². The molecule has 18 heteroatoms. The van der Waals surface area contributed by atoms with Crippen LogP contribution in [0.1, 0.15) is 12.8 Å². The smallest absolute Gasteiger partial charge is 0.337 e. The zero-order valence-electron chi connectivity index (χ0n) is 26.9. The van der Waals surface area contributed by atoms with Crippen LogP contribution >= 0.6 is 0 Å². The highest BCUT2D eigenvalue weighted by atomic mass is 16.8. The summed E-state index contributed by atoms with van der Waals surface area (Å²) in [5.74, 6) is -4.57. The summed E-state index contributed by atoms with van der Waals surface area (Å²) in [5.41, 5.74) is 0.152. The fourth-order valence-electron chi connectivity index (χ4n) is 6.67. The average molecular weight is 717 g/mol. The van der Waals surface area contributed by atoms with Gasteiger partial charge in [0.05, 0.1) is 50.1 Å². The Bertz CT molecular complexity index is 1190. The summed E-state index contributed by atoms with van der Waals surface area (Å²) in [4.78, 5) is 26.8. The quantitative estimate of drug-likeness (QED) is 0.0908. The molecule has 3 saturated heterocycles. The lowest BCUT2D eigenvalue weighted by molar-refractivity contribution is -0.339. The number of cyclic esters (lactones) is 2. The summed E-state index contributed by atoms with van der Waals surface area (Å²) in [6, 6.07) is 0. The van der Waals surface area contributed by atoms with Gasteiger partial charge < -0.3 is 78.7 Å². The van der Waals surface area contributed by atoms with E-state index in [1.54, 1.807) is 0 Å². The molecule has 0 amide bonds. The summed E-state index contributed by atoms with van der Waals surface area (Å²) in [6.07, 6.45) is -12.8. The van der Waals surface area contributed by atoms with E-state index in [9.17, 15) is 50.4 Å². The molecule has 18 nitrogen and oxygen atoms in total. The Labute approximate surface area is 286 Å². The predicted octanol–water partition coefficient (Wildman–Crippen LogP) is -3.18. The third-order valence-electron chi connectivity index (χ3n) is 9.59. The number of aliphatic hydroxyl groups is 8. The van der Waals surface area contributed by atoms with Crippen LogP contribution in [-0.2, 0) is 47.5 Å². The van der Waals surface area contributed by atoms with Crippen molar-refractivity contribution in [2.45, 2.75) is 86.8 Å². The molecule has 5 aliphatic heterocycles. The summed E-state index contributed by atoms with van der Waals surface area (Å²) < 4.78 is 45.1. The van der Waals surface area contributed by atoms with Gasteiger partial charge in [-0.05, 0) is 12.8 Å². The molecule has 50 heavy (non-hydrogen) atoms. The molecule has 0 saturated carbocycles. The van der Waals surface area contributed by atoms with Crippen molar-refractivity contribution < 1.29 is 88.3 Å². The molecule has 3 fully saturated rings. The van der Waals surface area contributed by atoms with Crippen LogP contribution < -0.4 is 0 Å². The van der Waals surface area contributed by atoms with Gasteiger partial charge in [0.1, 0.15) is 48.8 Å². The molecule has 0 aromatic rings. The van der Waals surface area contributed by atoms with E-state index >= 15 is 0 Å². The van der Waals surface area contributed by atoms with Gasteiger partial charge in [0.2, 0.25) is 12.6 Å². The normalized spacial score (nSPS) is 44.2. The number of hydrogen-bond donors (Lipinski definition) is 8. The average Bonchev–Trinajstić information content (AvgIpc) is 3.11. The van der Waals surface area contributed by atoms with Gasteiger partial charge in [-0.1, -0.05) is 12.2 Å². The van der Waals surface area contributed by atoms with E-state index in [1.165, 1.54) is 12.2 Å². The van der Waals surface area contributed by atoms with Gasteiger partial charge in [0.15, 0.2) is 12.6 Å². The van der Waals surface area contributed by atoms with Gasteiger partial charge in [-0.3, -0.25) is 0 Å². The second-order valence-corrected chi connectivity index (χ2v) is 12.5. The van der Waals surface area contributed by atoms with E-state index in [0.717, 1.165) is 12.5 Å². The molecule has 0 radical (unpaired) electrons. The van der Waals surface area contributed by atoms with E-state index in [4.69, 9.17) is 37.9 Å². The number of carbonyl (C=O) groups excluding carboxylic acids is 2. The van der Waals surface area contributed by atoms with Gasteiger partial charge >= 0.3 is 11.9 Å². The lowest BCUT2D eigenvalue weighted by Gasteiger charge is -2.43. The van der Waals surface area contributed by atoms with E-state index < -0.39 is 123 Å². The first-order valence-corrected chi connectivity index (χ1v) is 16.2. The molecule has 0 aromatic carbocycles. The second kappa shape index (κ2) is 16.6. The molecule has 0 aliphatic carbocycles.